The van der Waals surface area contributed by atoms with Crippen LogP contribution in [0.15, 0.2) is 22.7 Å². The first-order valence-corrected chi connectivity index (χ1v) is 8.93. The summed E-state index contributed by atoms with van der Waals surface area (Å²) < 4.78 is 0.995. The Morgan fingerprint density at radius 3 is 3.05 bits per heavy atom. The van der Waals surface area contributed by atoms with Crippen molar-refractivity contribution in [3.63, 3.8) is 0 Å². The standard InChI is InChI=1S/C14H20BrClN2S/c1-10-9-19-7-6-18(10)5-4-14(17)12-3-2-11(15)8-13(12)16/h2-3,8,10,14H,4-7,9,17H2,1H3. The lowest BCUT2D eigenvalue weighted by Crippen LogP contribution is -2.41. The lowest BCUT2D eigenvalue weighted by molar-refractivity contribution is 0.224. The van der Waals surface area contributed by atoms with Crippen molar-refractivity contribution in [3.05, 3.63) is 33.3 Å². The molecule has 1 aliphatic heterocycles. The smallest absolute Gasteiger partial charge is 0.0464 e. The Morgan fingerprint density at radius 1 is 1.58 bits per heavy atom. The van der Waals surface area contributed by atoms with Crippen molar-refractivity contribution >= 4 is 39.3 Å². The molecule has 19 heavy (non-hydrogen) atoms. The van der Waals surface area contributed by atoms with Gasteiger partial charge in [0.05, 0.1) is 0 Å². The first kappa shape index (κ1) is 15.6. The van der Waals surface area contributed by atoms with Crippen molar-refractivity contribution in [2.45, 2.75) is 25.4 Å². The number of benzene rings is 1. The van der Waals surface area contributed by atoms with Crippen LogP contribution in [0.1, 0.15) is 24.9 Å². The molecule has 0 bridgehead atoms. The van der Waals surface area contributed by atoms with Gasteiger partial charge < -0.3 is 5.73 Å². The molecular formula is C14H20BrClN2S. The summed E-state index contributed by atoms with van der Waals surface area (Å²) in [5, 5.41) is 0.754. The van der Waals surface area contributed by atoms with E-state index in [4.69, 9.17) is 17.3 Å². The van der Waals surface area contributed by atoms with E-state index in [2.05, 4.69) is 27.8 Å². The number of thioether (sulfide) groups is 1. The van der Waals surface area contributed by atoms with Gasteiger partial charge in [0.2, 0.25) is 0 Å². The Hall–Kier alpha value is 0.260. The van der Waals surface area contributed by atoms with Crippen LogP contribution in [0.3, 0.4) is 0 Å². The summed E-state index contributed by atoms with van der Waals surface area (Å²) in [6.07, 6.45) is 0.955. The molecule has 0 spiro atoms. The van der Waals surface area contributed by atoms with Gasteiger partial charge in [-0.3, -0.25) is 4.90 Å². The van der Waals surface area contributed by atoms with E-state index >= 15 is 0 Å². The van der Waals surface area contributed by atoms with Gasteiger partial charge in [0.25, 0.3) is 0 Å². The molecule has 106 valence electrons. The van der Waals surface area contributed by atoms with Crippen LogP contribution in [0.25, 0.3) is 0 Å². The Balaban J connectivity index is 1.91. The second kappa shape index (κ2) is 7.32. The number of nitrogens with two attached hydrogens (primary N) is 1. The molecule has 2 N–H and O–H groups in total. The van der Waals surface area contributed by atoms with Crippen molar-refractivity contribution in [1.82, 2.24) is 4.90 Å². The largest absolute Gasteiger partial charge is 0.324 e. The van der Waals surface area contributed by atoms with Gasteiger partial charge in [-0.15, -0.1) is 0 Å². The summed E-state index contributed by atoms with van der Waals surface area (Å²) >= 11 is 11.7. The molecule has 1 aromatic rings. The molecular weight excluding hydrogens is 344 g/mol. The van der Waals surface area contributed by atoms with Gasteiger partial charge in [-0.2, -0.15) is 11.8 Å². The number of hydrogen-bond donors (Lipinski definition) is 1. The lowest BCUT2D eigenvalue weighted by Gasteiger charge is -2.33. The maximum atomic E-state index is 6.28. The molecule has 2 unspecified atom stereocenters. The van der Waals surface area contributed by atoms with Crippen molar-refractivity contribution in [3.8, 4) is 0 Å². The van der Waals surface area contributed by atoms with Crippen LogP contribution in [0.2, 0.25) is 5.02 Å². The minimum absolute atomic E-state index is 0.0161. The van der Waals surface area contributed by atoms with E-state index in [1.807, 2.05) is 30.0 Å². The predicted molar refractivity (Wildman–Crippen MR) is 89.1 cm³/mol. The quantitative estimate of drug-likeness (QED) is 0.879. The monoisotopic (exact) mass is 362 g/mol. The third-order valence-corrected chi connectivity index (χ3v) is 5.60. The minimum atomic E-state index is 0.0161. The van der Waals surface area contributed by atoms with Crippen molar-refractivity contribution in [2.24, 2.45) is 5.73 Å². The van der Waals surface area contributed by atoms with Crippen LogP contribution in [0.5, 0.6) is 0 Å². The van der Waals surface area contributed by atoms with E-state index in [9.17, 15) is 0 Å². The SMILES string of the molecule is CC1CSCCN1CCC(N)c1ccc(Br)cc1Cl. The Bertz CT molecular complexity index is 430. The summed E-state index contributed by atoms with van der Waals surface area (Å²) in [6, 6.07) is 6.61. The van der Waals surface area contributed by atoms with E-state index in [0.29, 0.717) is 6.04 Å². The Kier molecular flexibility index (Phi) is 6.03. The van der Waals surface area contributed by atoms with Gasteiger partial charge in [-0.05, 0) is 31.0 Å². The van der Waals surface area contributed by atoms with E-state index in [1.165, 1.54) is 18.1 Å². The summed E-state index contributed by atoms with van der Waals surface area (Å²) in [7, 11) is 0. The van der Waals surface area contributed by atoms with E-state index in [-0.39, 0.29) is 6.04 Å². The highest BCUT2D eigenvalue weighted by Gasteiger charge is 2.19. The molecule has 0 aromatic heterocycles. The van der Waals surface area contributed by atoms with Crippen LogP contribution in [-0.2, 0) is 0 Å². The lowest BCUT2D eigenvalue weighted by atomic mass is 10.0. The van der Waals surface area contributed by atoms with Crippen LogP contribution >= 0.6 is 39.3 Å². The molecule has 1 aliphatic rings. The third-order valence-electron chi connectivity index (χ3n) is 3.59. The van der Waals surface area contributed by atoms with Crippen LogP contribution in [0, 0.1) is 0 Å². The number of hydrogen-bond acceptors (Lipinski definition) is 3. The zero-order chi connectivity index (χ0) is 13.8. The normalized spacial score (nSPS) is 22.4. The van der Waals surface area contributed by atoms with Gasteiger partial charge in [0, 0.05) is 46.2 Å². The summed E-state index contributed by atoms with van der Waals surface area (Å²) in [5.74, 6) is 2.47. The fourth-order valence-corrected chi connectivity index (χ4v) is 4.25. The number of halogens is 2. The highest BCUT2D eigenvalue weighted by atomic mass is 79.9. The highest BCUT2D eigenvalue weighted by Crippen LogP contribution is 2.27. The molecule has 0 amide bonds. The zero-order valence-corrected chi connectivity index (χ0v) is 14.3. The topological polar surface area (TPSA) is 29.3 Å². The number of nitrogens with zero attached hydrogens (tertiary/aromatic N) is 1. The van der Waals surface area contributed by atoms with Gasteiger partial charge in [-0.1, -0.05) is 33.6 Å². The molecule has 1 heterocycles. The molecule has 1 fully saturated rings. The molecule has 0 saturated carbocycles. The molecule has 2 atom stereocenters. The maximum absolute atomic E-state index is 6.28. The molecule has 1 saturated heterocycles. The van der Waals surface area contributed by atoms with Gasteiger partial charge >= 0.3 is 0 Å². The zero-order valence-electron chi connectivity index (χ0n) is 11.1. The van der Waals surface area contributed by atoms with Crippen LogP contribution in [0.4, 0.5) is 0 Å². The predicted octanol–water partition coefficient (Wildman–Crippen LogP) is 3.93. The van der Waals surface area contributed by atoms with Crippen LogP contribution < -0.4 is 5.73 Å². The van der Waals surface area contributed by atoms with Crippen molar-refractivity contribution in [2.75, 3.05) is 24.6 Å². The number of rotatable bonds is 4. The molecule has 0 radical (unpaired) electrons. The van der Waals surface area contributed by atoms with E-state index < -0.39 is 0 Å². The summed E-state index contributed by atoms with van der Waals surface area (Å²) in [5.41, 5.74) is 7.32. The minimum Gasteiger partial charge on any atom is -0.324 e. The fraction of sp³-hybridized carbons (Fsp3) is 0.571. The Labute approximate surface area is 133 Å². The molecule has 2 rings (SSSR count). The second-order valence-corrected chi connectivity index (χ2v) is 7.49. The maximum Gasteiger partial charge on any atom is 0.0464 e. The molecule has 2 nitrogen and oxygen atoms in total. The molecule has 1 aromatic carbocycles. The fourth-order valence-electron chi connectivity index (χ4n) is 2.36. The van der Waals surface area contributed by atoms with Gasteiger partial charge in [0.15, 0.2) is 0 Å². The first-order chi connectivity index (χ1) is 9.08. The van der Waals surface area contributed by atoms with Crippen molar-refractivity contribution < 1.29 is 0 Å². The van der Waals surface area contributed by atoms with Gasteiger partial charge in [-0.25, -0.2) is 0 Å². The van der Waals surface area contributed by atoms with E-state index in [0.717, 1.165) is 28.0 Å². The average molecular weight is 364 g/mol. The second-order valence-electron chi connectivity index (χ2n) is 5.02. The van der Waals surface area contributed by atoms with Crippen molar-refractivity contribution in [1.29, 1.82) is 0 Å². The summed E-state index contributed by atoms with van der Waals surface area (Å²) in [4.78, 5) is 2.53. The van der Waals surface area contributed by atoms with E-state index in [1.54, 1.807) is 0 Å². The first-order valence-electron chi connectivity index (χ1n) is 6.60. The van der Waals surface area contributed by atoms with Crippen LogP contribution in [-0.4, -0.2) is 35.5 Å². The van der Waals surface area contributed by atoms with Gasteiger partial charge in [0.1, 0.15) is 0 Å². The highest BCUT2D eigenvalue weighted by molar-refractivity contribution is 9.10. The third kappa shape index (κ3) is 4.36. The molecule has 5 heteroatoms. The molecule has 0 aliphatic carbocycles. The average Bonchev–Trinajstić information content (AvgIpc) is 2.37. The Morgan fingerprint density at radius 2 is 2.37 bits per heavy atom. The summed E-state index contributed by atoms with van der Waals surface area (Å²) in [6.45, 7) is 4.52.